The van der Waals surface area contributed by atoms with Crippen LogP contribution in [0.1, 0.15) is 24.4 Å². The predicted octanol–water partition coefficient (Wildman–Crippen LogP) is 3.52. The number of aryl methyl sites for hydroxylation is 2. The van der Waals surface area contributed by atoms with Crippen molar-refractivity contribution in [3.8, 4) is 0 Å². The van der Waals surface area contributed by atoms with Gasteiger partial charge in [0.05, 0.1) is 17.2 Å². The van der Waals surface area contributed by atoms with Gasteiger partial charge >= 0.3 is 5.69 Å². The van der Waals surface area contributed by atoms with E-state index in [1.807, 2.05) is 23.6 Å². The number of hydrogen-bond donors (Lipinski definition) is 1. The zero-order chi connectivity index (χ0) is 21.8. The van der Waals surface area contributed by atoms with Crippen molar-refractivity contribution in [3.05, 3.63) is 46.8 Å². The van der Waals surface area contributed by atoms with E-state index in [1.54, 1.807) is 30.2 Å². The van der Waals surface area contributed by atoms with Crippen LogP contribution in [0.25, 0.3) is 22.2 Å². The Balaban J connectivity index is 1.54. The molecule has 0 amide bonds. The fraction of sp³-hybridized carbons (Fsp3) is 0.409. The Hall–Kier alpha value is -2.94. The Morgan fingerprint density at radius 1 is 1.06 bits per heavy atom. The van der Waals surface area contributed by atoms with Crippen molar-refractivity contribution in [2.45, 2.75) is 25.8 Å². The second kappa shape index (κ2) is 7.33. The highest BCUT2D eigenvalue weighted by molar-refractivity contribution is 8.32. The minimum Gasteiger partial charge on any atom is -0.324 e. The number of rotatable bonds is 3. The molecule has 1 aliphatic heterocycles. The number of imidazole rings is 1. The minimum absolute atomic E-state index is 0.0154. The summed E-state index contributed by atoms with van der Waals surface area (Å²) in [5.74, 6) is 2.85. The minimum atomic E-state index is -0.533. The van der Waals surface area contributed by atoms with Crippen LogP contribution in [-0.4, -0.2) is 53.1 Å². The average Bonchev–Trinajstić information content (AvgIpc) is 2.99. The number of aromatic nitrogens is 6. The van der Waals surface area contributed by atoms with Gasteiger partial charge in [0.15, 0.2) is 5.65 Å². The van der Waals surface area contributed by atoms with Gasteiger partial charge in [-0.2, -0.15) is 4.98 Å². The fourth-order valence-electron chi connectivity index (χ4n) is 4.31. The molecule has 0 unspecified atom stereocenters. The molecule has 0 radical (unpaired) electrons. The molecular formula is C22H27N7OS. The van der Waals surface area contributed by atoms with Gasteiger partial charge in [0.1, 0.15) is 5.52 Å². The molecule has 3 aromatic heterocycles. The van der Waals surface area contributed by atoms with E-state index in [0.29, 0.717) is 11.6 Å². The van der Waals surface area contributed by atoms with E-state index >= 15 is 0 Å². The second-order valence-electron chi connectivity index (χ2n) is 8.86. The monoisotopic (exact) mass is 437 g/mol. The van der Waals surface area contributed by atoms with Gasteiger partial charge in [0.25, 0.3) is 0 Å². The lowest BCUT2D eigenvalue weighted by atomic mass is 10.1. The van der Waals surface area contributed by atoms with Crippen LogP contribution in [0, 0.1) is 6.92 Å². The summed E-state index contributed by atoms with van der Waals surface area (Å²) in [6.07, 6.45) is 11.9. The highest BCUT2D eigenvalue weighted by Crippen LogP contribution is 2.47. The van der Waals surface area contributed by atoms with Crippen LogP contribution in [0.3, 0.4) is 0 Å². The van der Waals surface area contributed by atoms with Crippen molar-refractivity contribution in [3.63, 3.8) is 0 Å². The molecule has 9 heteroatoms. The zero-order valence-corrected chi connectivity index (χ0v) is 19.1. The van der Waals surface area contributed by atoms with Crippen molar-refractivity contribution in [1.29, 1.82) is 0 Å². The molecule has 8 nitrogen and oxygen atoms in total. The quantitative estimate of drug-likeness (QED) is 0.527. The number of fused-ring (bicyclic) bond motifs is 2. The first-order valence-corrected chi connectivity index (χ1v) is 13.2. The van der Waals surface area contributed by atoms with Crippen molar-refractivity contribution in [1.82, 2.24) is 29.1 Å². The summed E-state index contributed by atoms with van der Waals surface area (Å²) in [7, 11) is 1.26. The molecule has 1 aliphatic rings. The van der Waals surface area contributed by atoms with Gasteiger partial charge in [-0.15, -0.1) is 0 Å². The molecule has 1 fully saturated rings. The van der Waals surface area contributed by atoms with Gasteiger partial charge in [-0.25, -0.2) is 19.8 Å². The lowest BCUT2D eigenvalue weighted by Crippen LogP contribution is -2.31. The first kappa shape index (κ1) is 20.0. The summed E-state index contributed by atoms with van der Waals surface area (Å²) in [5, 5.41) is 3.32. The Morgan fingerprint density at radius 2 is 1.74 bits per heavy atom. The fourth-order valence-corrected chi connectivity index (χ4v) is 6.33. The van der Waals surface area contributed by atoms with Crippen LogP contribution < -0.4 is 11.0 Å². The number of nitrogens with zero attached hydrogens (tertiary/aromatic N) is 6. The lowest BCUT2D eigenvalue weighted by molar-refractivity contribution is 0.458. The van der Waals surface area contributed by atoms with E-state index in [4.69, 9.17) is 4.98 Å². The molecule has 31 heavy (non-hydrogen) atoms. The lowest BCUT2D eigenvalue weighted by Gasteiger charge is -2.39. The third kappa shape index (κ3) is 3.56. The molecule has 0 atom stereocenters. The Kier molecular flexibility index (Phi) is 4.73. The van der Waals surface area contributed by atoms with Crippen molar-refractivity contribution < 1.29 is 0 Å². The molecule has 1 saturated heterocycles. The van der Waals surface area contributed by atoms with E-state index in [-0.39, 0.29) is 11.7 Å². The summed E-state index contributed by atoms with van der Waals surface area (Å²) in [6.45, 7) is 2.01. The maximum atomic E-state index is 13.0. The number of benzene rings is 1. The first-order chi connectivity index (χ1) is 14.8. The third-order valence-corrected chi connectivity index (χ3v) is 8.95. The van der Waals surface area contributed by atoms with E-state index < -0.39 is 10.0 Å². The Labute approximate surface area is 182 Å². The largest absolute Gasteiger partial charge is 0.330 e. The van der Waals surface area contributed by atoms with Gasteiger partial charge in [0, 0.05) is 31.2 Å². The maximum Gasteiger partial charge on any atom is 0.330 e. The maximum absolute atomic E-state index is 13.0. The van der Waals surface area contributed by atoms with Crippen LogP contribution in [0.15, 0.2) is 35.5 Å². The normalized spacial score (nSPS) is 17.8. The van der Waals surface area contributed by atoms with Crippen molar-refractivity contribution >= 4 is 43.9 Å². The molecule has 5 rings (SSSR count). The van der Waals surface area contributed by atoms with Gasteiger partial charge in [-0.1, -0.05) is 0 Å². The van der Waals surface area contributed by atoms with E-state index in [9.17, 15) is 4.79 Å². The van der Waals surface area contributed by atoms with Crippen LogP contribution in [0.2, 0.25) is 0 Å². The smallest absolute Gasteiger partial charge is 0.324 e. The number of nitrogens with one attached hydrogen (secondary N) is 1. The van der Waals surface area contributed by atoms with Gasteiger partial charge < -0.3 is 5.32 Å². The third-order valence-electron chi connectivity index (χ3n) is 6.27. The molecular weight excluding hydrogens is 410 g/mol. The first-order valence-electron chi connectivity index (χ1n) is 10.4. The van der Waals surface area contributed by atoms with Gasteiger partial charge in [0.2, 0.25) is 5.95 Å². The highest BCUT2D eigenvalue weighted by atomic mass is 32.3. The number of hydrogen-bond acceptors (Lipinski definition) is 6. The topological polar surface area (TPSA) is 90.5 Å². The van der Waals surface area contributed by atoms with Crippen LogP contribution >= 0.6 is 10.0 Å². The molecule has 0 spiro atoms. The van der Waals surface area contributed by atoms with E-state index in [0.717, 1.165) is 40.6 Å². The van der Waals surface area contributed by atoms with Crippen LogP contribution in [0.5, 0.6) is 0 Å². The SMILES string of the molecule is Cc1cc2nccnc2cc1Nc1ncc2c(n1)n(C1CCS(C)(C)CC1)c(=O)n2C. The highest BCUT2D eigenvalue weighted by Gasteiger charge is 2.28. The van der Waals surface area contributed by atoms with Crippen LogP contribution in [0.4, 0.5) is 11.6 Å². The van der Waals surface area contributed by atoms with Crippen molar-refractivity contribution in [2.24, 2.45) is 7.05 Å². The molecule has 4 aromatic rings. The molecule has 1 N–H and O–H groups in total. The zero-order valence-electron chi connectivity index (χ0n) is 18.3. The molecule has 0 aliphatic carbocycles. The van der Waals surface area contributed by atoms with Crippen LogP contribution in [-0.2, 0) is 7.05 Å². The van der Waals surface area contributed by atoms with E-state index in [2.05, 4.69) is 32.8 Å². The molecule has 4 heterocycles. The van der Waals surface area contributed by atoms with Gasteiger partial charge in [-0.05, 0) is 61.5 Å². The molecule has 162 valence electrons. The average molecular weight is 438 g/mol. The number of anilines is 2. The van der Waals surface area contributed by atoms with E-state index in [1.165, 1.54) is 11.5 Å². The standard InChI is InChI=1S/C22H27N7OS/c1-14-11-17-18(24-8-7-23-17)12-16(14)26-21-25-13-19-20(27-21)29(22(30)28(19)2)15-5-9-31(3,4)10-6-15/h7-8,11-13,15H,5-6,9-10H2,1-4H3,(H,25,26,27). The van der Waals surface area contributed by atoms with Crippen molar-refractivity contribution in [2.75, 3.05) is 29.3 Å². The molecule has 1 aromatic carbocycles. The Morgan fingerprint density at radius 3 is 2.45 bits per heavy atom. The Bertz CT molecular complexity index is 1350. The summed E-state index contributed by atoms with van der Waals surface area (Å²) in [5.41, 5.74) is 5.00. The predicted molar refractivity (Wildman–Crippen MR) is 128 cm³/mol. The summed E-state index contributed by atoms with van der Waals surface area (Å²) in [6, 6.07) is 4.14. The summed E-state index contributed by atoms with van der Waals surface area (Å²) < 4.78 is 3.54. The summed E-state index contributed by atoms with van der Waals surface area (Å²) in [4.78, 5) is 31.0. The second-order valence-corrected chi connectivity index (χ2v) is 13.2. The van der Waals surface area contributed by atoms with Gasteiger partial charge in [-0.3, -0.25) is 19.1 Å². The molecule has 0 saturated carbocycles. The molecule has 0 bridgehead atoms. The summed E-state index contributed by atoms with van der Waals surface area (Å²) >= 11 is 0.